The fourth-order valence-corrected chi connectivity index (χ4v) is 3.67. The molecule has 0 aromatic heterocycles. The lowest BCUT2D eigenvalue weighted by atomic mass is 9.91. The van der Waals surface area contributed by atoms with Gasteiger partial charge in [0.05, 0.1) is 4.43 Å². The van der Waals surface area contributed by atoms with Crippen LogP contribution in [0.1, 0.15) is 5.56 Å². The van der Waals surface area contributed by atoms with Crippen LogP contribution in [-0.2, 0) is 11.2 Å². The van der Waals surface area contributed by atoms with E-state index in [4.69, 9.17) is 0 Å². The molecule has 4 rings (SSSR count). The van der Waals surface area contributed by atoms with E-state index in [1.165, 1.54) is 37.9 Å². The van der Waals surface area contributed by atoms with Crippen molar-refractivity contribution in [3.63, 3.8) is 0 Å². The topological polar surface area (TPSA) is 29.1 Å². The van der Waals surface area contributed by atoms with E-state index in [0.717, 1.165) is 6.42 Å². The Hall–Kier alpha value is -1.88. The van der Waals surface area contributed by atoms with Crippen LogP contribution in [-0.4, -0.2) is 16.9 Å². The summed E-state index contributed by atoms with van der Waals surface area (Å²) in [6, 6.07) is 19.7. The second-order valence-corrected chi connectivity index (χ2v) is 6.58. The second-order valence-electron chi connectivity index (χ2n) is 5.81. The molecule has 4 aromatic carbocycles. The second kappa shape index (κ2) is 5.96. The standard InChI is InChI=1S/C20H16INO/c21-12-18(23)22-11-10-13-4-5-16-7-6-14-2-1-3-15-8-9-17(13)20(16)19(14)15/h1-9H,10-12H2,(H,22,23). The van der Waals surface area contributed by atoms with Gasteiger partial charge in [0.1, 0.15) is 0 Å². The van der Waals surface area contributed by atoms with Crippen LogP contribution in [0, 0.1) is 0 Å². The average Bonchev–Trinajstić information content (AvgIpc) is 2.60. The first-order valence-corrected chi connectivity index (χ1v) is 9.28. The quantitative estimate of drug-likeness (QED) is 0.294. The SMILES string of the molecule is O=C(CI)NCCc1ccc2ccc3cccc4ccc1c2c34. The third-order valence-corrected chi connectivity index (χ3v) is 5.15. The zero-order chi connectivity index (χ0) is 15.8. The smallest absolute Gasteiger partial charge is 0.229 e. The van der Waals surface area contributed by atoms with E-state index >= 15 is 0 Å². The highest BCUT2D eigenvalue weighted by molar-refractivity contribution is 14.1. The zero-order valence-corrected chi connectivity index (χ0v) is 14.8. The molecule has 2 nitrogen and oxygen atoms in total. The predicted molar refractivity (Wildman–Crippen MR) is 106 cm³/mol. The number of benzene rings is 4. The lowest BCUT2D eigenvalue weighted by Gasteiger charge is -2.14. The van der Waals surface area contributed by atoms with Crippen LogP contribution in [0.3, 0.4) is 0 Å². The van der Waals surface area contributed by atoms with Crippen molar-refractivity contribution in [1.82, 2.24) is 5.32 Å². The van der Waals surface area contributed by atoms with Gasteiger partial charge in [0.2, 0.25) is 5.91 Å². The van der Waals surface area contributed by atoms with Crippen LogP contribution in [0.4, 0.5) is 0 Å². The zero-order valence-electron chi connectivity index (χ0n) is 12.6. The van der Waals surface area contributed by atoms with Crippen molar-refractivity contribution in [3.05, 3.63) is 60.2 Å². The lowest BCUT2D eigenvalue weighted by Crippen LogP contribution is -2.26. The summed E-state index contributed by atoms with van der Waals surface area (Å²) in [5.74, 6) is 0.100. The largest absolute Gasteiger partial charge is 0.355 e. The van der Waals surface area contributed by atoms with Crippen LogP contribution in [0.15, 0.2) is 54.6 Å². The molecule has 4 aromatic rings. The van der Waals surface area contributed by atoms with Crippen molar-refractivity contribution in [1.29, 1.82) is 0 Å². The molecule has 1 N–H and O–H groups in total. The molecule has 0 unspecified atom stereocenters. The highest BCUT2D eigenvalue weighted by Crippen LogP contribution is 2.35. The van der Waals surface area contributed by atoms with E-state index in [2.05, 4.69) is 82.5 Å². The normalized spacial score (nSPS) is 11.5. The summed E-state index contributed by atoms with van der Waals surface area (Å²) in [4.78, 5) is 11.4. The van der Waals surface area contributed by atoms with Crippen molar-refractivity contribution in [2.45, 2.75) is 6.42 Å². The maximum Gasteiger partial charge on any atom is 0.229 e. The molecule has 114 valence electrons. The van der Waals surface area contributed by atoms with Gasteiger partial charge in [-0.3, -0.25) is 4.79 Å². The van der Waals surface area contributed by atoms with Gasteiger partial charge < -0.3 is 5.32 Å². The van der Waals surface area contributed by atoms with Crippen LogP contribution in [0.5, 0.6) is 0 Å². The Labute approximate surface area is 148 Å². The van der Waals surface area contributed by atoms with Gasteiger partial charge in [-0.1, -0.05) is 77.2 Å². The Morgan fingerprint density at radius 3 is 2.26 bits per heavy atom. The van der Waals surface area contributed by atoms with Gasteiger partial charge >= 0.3 is 0 Å². The minimum absolute atomic E-state index is 0.100. The molecule has 0 saturated carbocycles. The van der Waals surface area contributed by atoms with E-state index in [0.29, 0.717) is 11.0 Å². The number of hydrogen-bond acceptors (Lipinski definition) is 1. The van der Waals surface area contributed by atoms with E-state index in [1.54, 1.807) is 0 Å². The first kappa shape index (κ1) is 14.7. The van der Waals surface area contributed by atoms with Crippen LogP contribution < -0.4 is 5.32 Å². The average molecular weight is 413 g/mol. The number of rotatable bonds is 4. The molecule has 3 heteroatoms. The van der Waals surface area contributed by atoms with Gasteiger partial charge in [0.25, 0.3) is 0 Å². The number of nitrogens with one attached hydrogen (secondary N) is 1. The summed E-state index contributed by atoms with van der Waals surface area (Å²) >= 11 is 2.09. The van der Waals surface area contributed by atoms with E-state index < -0.39 is 0 Å². The maximum atomic E-state index is 11.4. The Morgan fingerprint density at radius 2 is 1.52 bits per heavy atom. The minimum atomic E-state index is 0.100. The van der Waals surface area contributed by atoms with E-state index in [-0.39, 0.29) is 5.91 Å². The molecule has 0 bridgehead atoms. The summed E-state index contributed by atoms with van der Waals surface area (Å²) in [7, 11) is 0. The molecular weight excluding hydrogens is 397 g/mol. The number of amides is 1. The molecule has 0 spiro atoms. The van der Waals surface area contributed by atoms with Crippen molar-refractivity contribution in [2.75, 3.05) is 11.0 Å². The number of carbonyl (C=O) groups excluding carboxylic acids is 1. The molecule has 0 atom stereocenters. The summed E-state index contributed by atoms with van der Waals surface area (Å²) in [5.41, 5.74) is 1.30. The fraction of sp³-hybridized carbons (Fsp3) is 0.150. The number of hydrogen-bond donors (Lipinski definition) is 1. The molecule has 0 saturated heterocycles. The van der Waals surface area contributed by atoms with Gasteiger partial charge in [-0.25, -0.2) is 0 Å². The maximum absolute atomic E-state index is 11.4. The molecule has 1 amide bonds. The Bertz CT molecular complexity index is 993. The number of alkyl halides is 1. The lowest BCUT2D eigenvalue weighted by molar-refractivity contribution is -0.118. The summed E-state index contributed by atoms with van der Waals surface area (Å²) in [5, 5.41) is 10.8. The highest BCUT2D eigenvalue weighted by Gasteiger charge is 2.10. The van der Waals surface area contributed by atoms with E-state index in [9.17, 15) is 4.79 Å². The molecule has 0 aliphatic rings. The van der Waals surface area contributed by atoms with Crippen molar-refractivity contribution in [3.8, 4) is 0 Å². The first-order valence-electron chi connectivity index (χ1n) is 7.76. The predicted octanol–water partition coefficient (Wildman–Crippen LogP) is 4.68. The molecule has 0 heterocycles. The highest BCUT2D eigenvalue weighted by atomic mass is 127. The van der Waals surface area contributed by atoms with E-state index in [1.807, 2.05) is 0 Å². The third kappa shape index (κ3) is 2.53. The Kier molecular flexibility index (Phi) is 3.81. The van der Waals surface area contributed by atoms with Crippen LogP contribution in [0.25, 0.3) is 32.3 Å². The van der Waals surface area contributed by atoms with Crippen molar-refractivity contribution in [2.24, 2.45) is 0 Å². The summed E-state index contributed by atoms with van der Waals surface area (Å²) in [6.45, 7) is 0.686. The van der Waals surface area contributed by atoms with Gasteiger partial charge in [-0.05, 0) is 44.3 Å². The number of halogens is 1. The molecule has 0 radical (unpaired) electrons. The molecule has 23 heavy (non-hydrogen) atoms. The fourth-order valence-electron chi connectivity index (χ4n) is 3.40. The molecular formula is C20H16INO. The van der Waals surface area contributed by atoms with Crippen molar-refractivity contribution >= 4 is 60.8 Å². The summed E-state index contributed by atoms with van der Waals surface area (Å²) in [6.07, 6.45) is 0.858. The third-order valence-electron chi connectivity index (χ3n) is 4.46. The van der Waals surface area contributed by atoms with Crippen LogP contribution in [0.2, 0.25) is 0 Å². The van der Waals surface area contributed by atoms with Crippen LogP contribution >= 0.6 is 22.6 Å². The van der Waals surface area contributed by atoms with Gasteiger partial charge in [-0.2, -0.15) is 0 Å². The molecule has 0 aliphatic carbocycles. The summed E-state index contributed by atoms with van der Waals surface area (Å²) < 4.78 is 0.510. The Morgan fingerprint density at radius 1 is 0.870 bits per heavy atom. The number of carbonyl (C=O) groups is 1. The molecule has 0 aliphatic heterocycles. The van der Waals surface area contributed by atoms with Crippen molar-refractivity contribution < 1.29 is 4.79 Å². The van der Waals surface area contributed by atoms with Gasteiger partial charge in [0, 0.05) is 6.54 Å². The monoisotopic (exact) mass is 413 g/mol. The Balaban J connectivity index is 1.85. The molecule has 0 fully saturated rings. The first-order chi connectivity index (χ1) is 11.3. The van der Waals surface area contributed by atoms with Gasteiger partial charge in [0.15, 0.2) is 0 Å². The minimum Gasteiger partial charge on any atom is -0.355 e. The van der Waals surface area contributed by atoms with Gasteiger partial charge in [-0.15, -0.1) is 0 Å².